The maximum atomic E-state index is 13.0. The fourth-order valence-electron chi connectivity index (χ4n) is 2.85. The van der Waals surface area contributed by atoms with Crippen LogP contribution in [-0.4, -0.2) is 37.0 Å². The number of barbiturate groups is 1. The van der Waals surface area contributed by atoms with Gasteiger partial charge in [-0.1, -0.05) is 18.2 Å². The van der Waals surface area contributed by atoms with Crippen LogP contribution in [0.5, 0.6) is 11.5 Å². The number of para-hydroxylation sites is 1. The lowest BCUT2D eigenvalue weighted by atomic mass is 10.1. The van der Waals surface area contributed by atoms with Gasteiger partial charge in [0.25, 0.3) is 17.7 Å². The molecule has 0 unspecified atom stereocenters. The lowest BCUT2D eigenvalue weighted by Gasteiger charge is -2.26. The standard InChI is InChI=1S/C21H18IN3O6/c1-2-30-16-10-12(9-15(22)18(16)31-11-17(23)26)8-14-19(27)24-21(29)25(20(14)28)13-6-4-3-5-7-13/h3-10H,2,11H2,1H3,(H2,23,26)(H,24,27,29)/b14-8+. The summed E-state index contributed by atoms with van der Waals surface area (Å²) in [7, 11) is 0. The summed E-state index contributed by atoms with van der Waals surface area (Å²) in [5, 5.41) is 2.18. The van der Waals surface area contributed by atoms with Gasteiger partial charge < -0.3 is 15.2 Å². The SMILES string of the molecule is CCOc1cc(/C=C2\C(=O)NC(=O)N(c3ccccc3)C2=O)cc(I)c1OCC(N)=O. The molecule has 31 heavy (non-hydrogen) atoms. The molecule has 0 spiro atoms. The summed E-state index contributed by atoms with van der Waals surface area (Å²) in [6.07, 6.45) is 1.36. The largest absolute Gasteiger partial charge is 0.490 e. The van der Waals surface area contributed by atoms with Crippen LogP contribution < -0.4 is 25.4 Å². The number of amides is 5. The van der Waals surface area contributed by atoms with Crippen molar-refractivity contribution in [3.8, 4) is 11.5 Å². The van der Waals surface area contributed by atoms with Crippen LogP contribution in [0.2, 0.25) is 0 Å². The number of anilines is 1. The topological polar surface area (TPSA) is 128 Å². The van der Waals surface area contributed by atoms with Crippen molar-refractivity contribution in [2.75, 3.05) is 18.1 Å². The van der Waals surface area contributed by atoms with Crippen LogP contribution in [0.25, 0.3) is 6.08 Å². The third-order valence-corrected chi connectivity index (χ3v) is 4.92. The molecule has 1 saturated heterocycles. The van der Waals surface area contributed by atoms with Crippen LogP contribution in [0.15, 0.2) is 48.0 Å². The quantitative estimate of drug-likeness (QED) is 0.318. The van der Waals surface area contributed by atoms with E-state index in [0.29, 0.717) is 32.9 Å². The van der Waals surface area contributed by atoms with E-state index in [0.717, 1.165) is 4.90 Å². The molecular formula is C21H18IN3O6. The predicted octanol–water partition coefficient (Wildman–Crippen LogP) is 2.22. The van der Waals surface area contributed by atoms with Gasteiger partial charge in [0, 0.05) is 0 Å². The monoisotopic (exact) mass is 535 g/mol. The maximum Gasteiger partial charge on any atom is 0.335 e. The summed E-state index contributed by atoms with van der Waals surface area (Å²) in [6, 6.07) is 10.7. The first-order chi connectivity index (χ1) is 14.8. The molecule has 1 aliphatic rings. The highest BCUT2D eigenvalue weighted by molar-refractivity contribution is 14.1. The van der Waals surface area contributed by atoms with Crippen molar-refractivity contribution in [3.05, 3.63) is 57.2 Å². The molecule has 0 aromatic heterocycles. The Morgan fingerprint density at radius 2 is 1.87 bits per heavy atom. The number of urea groups is 1. The molecule has 5 amide bonds. The number of imide groups is 2. The minimum Gasteiger partial charge on any atom is -0.490 e. The van der Waals surface area contributed by atoms with E-state index >= 15 is 0 Å². The van der Waals surface area contributed by atoms with Crippen molar-refractivity contribution in [1.82, 2.24) is 5.32 Å². The van der Waals surface area contributed by atoms with E-state index in [2.05, 4.69) is 5.32 Å². The van der Waals surface area contributed by atoms with Gasteiger partial charge in [0.1, 0.15) is 5.57 Å². The zero-order valence-electron chi connectivity index (χ0n) is 16.4. The number of primary amides is 1. The Hall–Kier alpha value is -3.41. The number of benzene rings is 2. The molecule has 10 heteroatoms. The summed E-state index contributed by atoms with van der Waals surface area (Å²) in [4.78, 5) is 49.5. The van der Waals surface area contributed by atoms with E-state index in [1.54, 1.807) is 49.4 Å². The minimum atomic E-state index is -0.821. The zero-order valence-corrected chi connectivity index (χ0v) is 18.5. The number of carbonyl (C=O) groups is 4. The molecule has 9 nitrogen and oxygen atoms in total. The smallest absolute Gasteiger partial charge is 0.335 e. The van der Waals surface area contributed by atoms with E-state index in [9.17, 15) is 19.2 Å². The average molecular weight is 535 g/mol. The third-order valence-electron chi connectivity index (χ3n) is 4.12. The summed E-state index contributed by atoms with van der Waals surface area (Å²) in [5.74, 6) is -1.54. The average Bonchev–Trinajstić information content (AvgIpc) is 2.71. The molecule has 3 N–H and O–H groups in total. The van der Waals surface area contributed by atoms with E-state index in [1.165, 1.54) is 6.08 Å². The molecule has 160 valence electrons. The Balaban J connectivity index is 2.00. The highest BCUT2D eigenvalue weighted by Gasteiger charge is 2.36. The number of ether oxygens (including phenoxy) is 2. The lowest BCUT2D eigenvalue weighted by Crippen LogP contribution is -2.54. The van der Waals surface area contributed by atoms with E-state index < -0.39 is 23.8 Å². The predicted molar refractivity (Wildman–Crippen MR) is 120 cm³/mol. The van der Waals surface area contributed by atoms with Gasteiger partial charge in [0.15, 0.2) is 18.1 Å². The Labute approximate surface area is 191 Å². The van der Waals surface area contributed by atoms with Crippen LogP contribution in [0, 0.1) is 3.57 Å². The maximum absolute atomic E-state index is 13.0. The molecule has 1 heterocycles. The van der Waals surface area contributed by atoms with Gasteiger partial charge in [0.2, 0.25) is 0 Å². The molecule has 0 bridgehead atoms. The van der Waals surface area contributed by atoms with Crippen LogP contribution >= 0.6 is 22.6 Å². The molecule has 0 aliphatic carbocycles. The van der Waals surface area contributed by atoms with Crippen LogP contribution in [0.4, 0.5) is 10.5 Å². The summed E-state index contributed by atoms with van der Waals surface area (Å²) in [5.41, 5.74) is 5.73. The third kappa shape index (κ3) is 5.02. The van der Waals surface area contributed by atoms with Crippen molar-refractivity contribution in [3.63, 3.8) is 0 Å². The van der Waals surface area contributed by atoms with Gasteiger partial charge in [0.05, 0.1) is 15.9 Å². The summed E-state index contributed by atoms with van der Waals surface area (Å²) >= 11 is 1.98. The molecule has 0 atom stereocenters. The fourth-order valence-corrected chi connectivity index (χ4v) is 3.63. The Kier molecular flexibility index (Phi) is 6.90. The first-order valence-electron chi connectivity index (χ1n) is 9.15. The number of carbonyl (C=O) groups excluding carboxylic acids is 4. The Morgan fingerprint density at radius 3 is 2.52 bits per heavy atom. The molecule has 0 radical (unpaired) electrons. The van der Waals surface area contributed by atoms with Gasteiger partial charge in [-0.05, 0) is 65.4 Å². The number of nitrogens with one attached hydrogen (secondary N) is 1. The summed E-state index contributed by atoms with van der Waals surface area (Å²) in [6.45, 7) is 1.77. The molecule has 3 rings (SSSR count). The first kappa shape index (κ1) is 22.3. The Morgan fingerprint density at radius 1 is 1.16 bits per heavy atom. The van der Waals surface area contributed by atoms with Crippen molar-refractivity contribution in [1.29, 1.82) is 0 Å². The van der Waals surface area contributed by atoms with Gasteiger partial charge >= 0.3 is 6.03 Å². The van der Waals surface area contributed by atoms with E-state index in [-0.39, 0.29) is 12.2 Å². The van der Waals surface area contributed by atoms with Gasteiger partial charge in [-0.25, -0.2) is 9.69 Å². The van der Waals surface area contributed by atoms with Crippen LogP contribution in [0.1, 0.15) is 12.5 Å². The van der Waals surface area contributed by atoms with Crippen LogP contribution in [-0.2, 0) is 14.4 Å². The number of nitrogens with two attached hydrogens (primary N) is 1. The number of nitrogens with zero attached hydrogens (tertiary/aromatic N) is 1. The summed E-state index contributed by atoms with van der Waals surface area (Å²) < 4.78 is 11.6. The highest BCUT2D eigenvalue weighted by atomic mass is 127. The number of hydrogen-bond donors (Lipinski definition) is 2. The second kappa shape index (κ2) is 9.60. The zero-order chi connectivity index (χ0) is 22.5. The molecule has 2 aromatic rings. The van der Waals surface area contributed by atoms with Crippen molar-refractivity contribution in [2.45, 2.75) is 6.92 Å². The number of rotatable bonds is 7. The molecule has 2 aromatic carbocycles. The van der Waals surface area contributed by atoms with Crippen LogP contribution in [0.3, 0.4) is 0 Å². The fraction of sp³-hybridized carbons (Fsp3) is 0.143. The lowest BCUT2D eigenvalue weighted by molar-refractivity contribution is -0.123. The second-order valence-electron chi connectivity index (χ2n) is 6.31. The molecular weight excluding hydrogens is 517 g/mol. The van der Waals surface area contributed by atoms with E-state index in [1.807, 2.05) is 22.6 Å². The van der Waals surface area contributed by atoms with E-state index in [4.69, 9.17) is 15.2 Å². The normalized spacial score (nSPS) is 15.1. The molecule has 1 aliphatic heterocycles. The van der Waals surface area contributed by atoms with Gasteiger partial charge in [-0.3, -0.25) is 19.7 Å². The van der Waals surface area contributed by atoms with Crippen molar-refractivity contribution < 1.29 is 28.7 Å². The number of hydrogen-bond acceptors (Lipinski definition) is 6. The number of halogens is 1. The van der Waals surface area contributed by atoms with Gasteiger partial charge in [-0.2, -0.15) is 0 Å². The van der Waals surface area contributed by atoms with Crippen molar-refractivity contribution in [2.24, 2.45) is 5.73 Å². The second-order valence-corrected chi connectivity index (χ2v) is 7.47. The van der Waals surface area contributed by atoms with Crippen molar-refractivity contribution >= 4 is 58.1 Å². The van der Waals surface area contributed by atoms with Gasteiger partial charge in [-0.15, -0.1) is 0 Å². The molecule has 1 fully saturated rings. The first-order valence-corrected chi connectivity index (χ1v) is 10.2. The molecule has 0 saturated carbocycles. The minimum absolute atomic E-state index is 0.215. The Bertz CT molecular complexity index is 1080. The highest BCUT2D eigenvalue weighted by Crippen LogP contribution is 2.35.